The first-order valence-electron chi connectivity index (χ1n) is 12.2. The predicted molar refractivity (Wildman–Crippen MR) is 133 cm³/mol. The van der Waals surface area contributed by atoms with Crippen molar-refractivity contribution in [2.75, 3.05) is 6.61 Å². The van der Waals surface area contributed by atoms with Crippen LogP contribution in [0.5, 0.6) is 5.75 Å². The van der Waals surface area contributed by atoms with Gasteiger partial charge in [-0.05, 0) is 62.8 Å². The first-order chi connectivity index (χ1) is 16.4. The molecule has 5 heteroatoms. The number of rotatable bonds is 7. The molecule has 0 saturated carbocycles. The van der Waals surface area contributed by atoms with Crippen molar-refractivity contribution in [3.05, 3.63) is 77.0 Å². The van der Waals surface area contributed by atoms with Crippen LogP contribution in [-0.2, 0) is 14.3 Å². The number of ketones is 1. The van der Waals surface area contributed by atoms with Gasteiger partial charge in [0.05, 0.1) is 12.7 Å². The van der Waals surface area contributed by atoms with Crippen LogP contribution in [0.2, 0.25) is 0 Å². The van der Waals surface area contributed by atoms with E-state index in [0.717, 1.165) is 29.0 Å². The number of hydrogen-bond acceptors (Lipinski definition) is 5. The molecule has 34 heavy (non-hydrogen) atoms. The summed E-state index contributed by atoms with van der Waals surface area (Å²) in [5.74, 6) is -0.439. The van der Waals surface area contributed by atoms with E-state index in [1.165, 1.54) is 0 Å². The smallest absolute Gasteiger partial charge is 0.315 e. The van der Waals surface area contributed by atoms with Crippen LogP contribution in [0.1, 0.15) is 69.9 Å². The van der Waals surface area contributed by atoms with E-state index < -0.39 is 11.8 Å². The molecule has 5 nitrogen and oxygen atoms in total. The number of allylic oxidation sites excluding steroid dienone is 2. The fourth-order valence-corrected chi connectivity index (χ4v) is 4.98. The lowest BCUT2D eigenvalue weighted by atomic mass is 9.69. The van der Waals surface area contributed by atoms with Gasteiger partial charge in [-0.15, -0.1) is 0 Å². The summed E-state index contributed by atoms with van der Waals surface area (Å²) in [6.07, 6.45) is 1.64. The van der Waals surface area contributed by atoms with Crippen molar-refractivity contribution in [3.8, 4) is 5.75 Å². The van der Waals surface area contributed by atoms with E-state index in [-0.39, 0.29) is 23.8 Å². The van der Waals surface area contributed by atoms with Crippen molar-refractivity contribution < 1.29 is 19.1 Å². The molecule has 0 fully saturated rings. The minimum atomic E-state index is -0.622. The Morgan fingerprint density at radius 2 is 1.74 bits per heavy atom. The van der Waals surface area contributed by atoms with Gasteiger partial charge in [-0.1, -0.05) is 49.4 Å². The van der Waals surface area contributed by atoms with Crippen LogP contribution in [0.3, 0.4) is 0 Å². The first-order valence-corrected chi connectivity index (χ1v) is 12.2. The summed E-state index contributed by atoms with van der Waals surface area (Å²) < 4.78 is 11.4. The highest BCUT2D eigenvalue weighted by Crippen LogP contribution is 2.47. The molecule has 0 spiro atoms. The number of carbonyl (C=O) groups excluding carboxylic acids is 2. The maximum atomic E-state index is 13.6. The molecule has 0 saturated heterocycles. The van der Waals surface area contributed by atoms with Crippen LogP contribution < -0.4 is 4.74 Å². The Labute approximate surface area is 201 Å². The van der Waals surface area contributed by atoms with Gasteiger partial charge in [-0.25, -0.2) is 0 Å². The number of aliphatic imine (C=N–C) groups is 1. The van der Waals surface area contributed by atoms with Gasteiger partial charge in [0.15, 0.2) is 5.78 Å². The highest BCUT2D eigenvalue weighted by atomic mass is 16.5. The molecule has 0 bridgehead atoms. The van der Waals surface area contributed by atoms with Crippen LogP contribution in [-0.4, -0.2) is 30.2 Å². The van der Waals surface area contributed by atoms with Crippen LogP contribution in [0.15, 0.2) is 70.9 Å². The average molecular weight is 460 g/mol. The third-order valence-electron chi connectivity index (χ3n) is 6.86. The second-order valence-corrected chi connectivity index (χ2v) is 9.17. The fraction of sp³-hybridized carbons (Fsp3) is 0.414. The van der Waals surface area contributed by atoms with Crippen LogP contribution in [0.4, 0.5) is 0 Å². The molecule has 1 aliphatic carbocycles. The number of carbonyl (C=O) groups is 2. The molecule has 1 heterocycles. The van der Waals surface area contributed by atoms with Gasteiger partial charge in [0.2, 0.25) is 0 Å². The number of ether oxygens (including phenoxy) is 2. The Morgan fingerprint density at radius 1 is 1.03 bits per heavy atom. The quantitative estimate of drug-likeness (QED) is 0.476. The zero-order chi connectivity index (χ0) is 24.2. The maximum Gasteiger partial charge on any atom is 0.315 e. The van der Waals surface area contributed by atoms with E-state index >= 15 is 0 Å². The molecule has 0 radical (unpaired) electrons. The molecule has 4 atom stereocenters. The molecular weight excluding hydrogens is 426 g/mol. The second-order valence-electron chi connectivity index (χ2n) is 9.17. The van der Waals surface area contributed by atoms with Crippen molar-refractivity contribution in [1.29, 1.82) is 0 Å². The normalized spacial score (nSPS) is 23.1. The maximum absolute atomic E-state index is 13.6. The van der Waals surface area contributed by atoms with Crippen molar-refractivity contribution >= 4 is 17.5 Å². The summed E-state index contributed by atoms with van der Waals surface area (Å²) in [4.78, 5) is 31.8. The van der Waals surface area contributed by atoms with Gasteiger partial charge in [-0.3, -0.25) is 14.6 Å². The SMILES string of the molecule is CCOc1ccc([C@@H]2C3=C(C[C@@H](c4ccccc4)CC3=O)N=C(C)C2C(=O)O[C@@H](C)CC)cc1. The number of hydrogen-bond donors (Lipinski definition) is 0. The summed E-state index contributed by atoms with van der Waals surface area (Å²) >= 11 is 0. The van der Waals surface area contributed by atoms with E-state index in [9.17, 15) is 9.59 Å². The molecule has 0 aromatic heterocycles. The third kappa shape index (κ3) is 4.84. The van der Waals surface area contributed by atoms with E-state index in [1.54, 1.807) is 0 Å². The number of benzene rings is 2. The summed E-state index contributed by atoms with van der Waals surface area (Å²) in [5.41, 5.74) is 4.21. The Morgan fingerprint density at radius 3 is 2.38 bits per heavy atom. The Balaban J connectivity index is 1.76. The zero-order valence-corrected chi connectivity index (χ0v) is 20.4. The van der Waals surface area contributed by atoms with Gasteiger partial charge in [0.1, 0.15) is 11.7 Å². The molecule has 178 valence electrons. The molecule has 2 aromatic rings. The molecule has 2 aromatic carbocycles. The van der Waals surface area contributed by atoms with Crippen molar-refractivity contribution in [3.63, 3.8) is 0 Å². The number of esters is 1. The predicted octanol–water partition coefficient (Wildman–Crippen LogP) is 6.00. The van der Waals surface area contributed by atoms with Gasteiger partial charge < -0.3 is 9.47 Å². The molecule has 0 amide bonds. The minimum Gasteiger partial charge on any atom is -0.494 e. The lowest BCUT2D eigenvalue weighted by molar-refractivity contribution is -0.151. The summed E-state index contributed by atoms with van der Waals surface area (Å²) in [6.45, 7) is 8.27. The van der Waals surface area contributed by atoms with Crippen LogP contribution in [0, 0.1) is 5.92 Å². The third-order valence-corrected chi connectivity index (χ3v) is 6.86. The molecular formula is C29H33NO4. The van der Waals surface area contributed by atoms with Crippen LogP contribution >= 0.6 is 0 Å². The van der Waals surface area contributed by atoms with Gasteiger partial charge in [0, 0.05) is 29.3 Å². The molecule has 2 aliphatic rings. The largest absolute Gasteiger partial charge is 0.494 e. The van der Waals surface area contributed by atoms with E-state index in [0.29, 0.717) is 30.7 Å². The summed E-state index contributed by atoms with van der Waals surface area (Å²) in [5, 5.41) is 0. The van der Waals surface area contributed by atoms with Gasteiger partial charge in [-0.2, -0.15) is 0 Å². The van der Waals surface area contributed by atoms with Crippen molar-refractivity contribution in [2.24, 2.45) is 10.9 Å². The van der Waals surface area contributed by atoms with E-state index in [4.69, 9.17) is 14.5 Å². The minimum absolute atomic E-state index is 0.0616. The van der Waals surface area contributed by atoms with Crippen molar-refractivity contribution in [2.45, 2.75) is 64.9 Å². The number of Topliss-reactive ketones (excluding diaryl/α,β-unsaturated/α-hetero) is 1. The highest BCUT2D eigenvalue weighted by molar-refractivity contribution is 6.09. The van der Waals surface area contributed by atoms with E-state index in [2.05, 4.69) is 12.1 Å². The van der Waals surface area contributed by atoms with Gasteiger partial charge in [0.25, 0.3) is 0 Å². The zero-order valence-electron chi connectivity index (χ0n) is 20.4. The molecule has 1 unspecified atom stereocenters. The molecule has 4 rings (SSSR count). The Hall–Kier alpha value is -3.21. The van der Waals surface area contributed by atoms with Crippen molar-refractivity contribution in [1.82, 2.24) is 0 Å². The highest BCUT2D eigenvalue weighted by Gasteiger charge is 2.45. The Bertz CT molecular complexity index is 1100. The average Bonchev–Trinajstić information content (AvgIpc) is 2.84. The first kappa shape index (κ1) is 23.9. The number of nitrogens with zero attached hydrogens (tertiary/aromatic N) is 1. The lowest BCUT2D eigenvalue weighted by Gasteiger charge is -2.37. The van der Waals surface area contributed by atoms with Gasteiger partial charge >= 0.3 is 5.97 Å². The van der Waals surface area contributed by atoms with E-state index in [1.807, 2.05) is 70.2 Å². The second kappa shape index (κ2) is 10.4. The standard InChI is InChI=1S/C29H33NO4/c1-5-18(3)34-29(32)26-19(4)30-24-16-22(20-10-8-7-9-11-20)17-25(31)28(24)27(26)21-12-14-23(15-13-21)33-6-2/h7-15,18,22,26-27H,5-6,16-17H2,1-4H3/t18-,22+,26?,27-/m0/s1. The lowest BCUT2D eigenvalue weighted by Crippen LogP contribution is -2.39. The summed E-state index contributed by atoms with van der Waals surface area (Å²) in [7, 11) is 0. The monoisotopic (exact) mass is 459 g/mol. The summed E-state index contributed by atoms with van der Waals surface area (Å²) in [6, 6.07) is 17.8. The molecule has 0 N–H and O–H groups in total. The Kier molecular flexibility index (Phi) is 7.30. The topological polar surface area (TPSA) is 65.0 Å². The fourth-order valence-electron chi connectivity index (χ4n) is 4.98. The van der Waals surface area contributed by atoms with Crippen LogP contribution in [0.25, 0.3) is 0 Å². The molecule has 1 aliphatic heterocycles.